The van der Waals surface area contributed by atoms with E-state index in [0.29, 0.717) is 18.7 Å². The van der Waals surface area contributed by atoms with Gasteiger partial charge in [0.2, 0.25) is 0 Å². The molecule has 0 saturated carbocycles. The normalized spacial score (nSPS) is 12.5. The van der Waals surface area contributed by atoms with Gasteiger partial charge in [-0.05, 0) is 31.5 Å². The molecular formula is C11H17NO2. The average Bonchev–Trinajstić information content (AvgIpc) is 2.20. The van der Waals surface area contributed by atoms with Crippen LogP contribution in [0.2, 0.25) is 0 Å². The number of benzene rings is 1. The van der Waals surface area contributed by atoms with Crippen molar-refractivity contribution in [3.63, 3.8) is 0 Å². The Morgan fingerprint density at radius 1 is 1.43 bits per heavy atom. The molecule has 0 spiro atoms. The molecular weight excluding hydrogens is 178 g/mol. The summed E-state index contributed by atoms with van der Waals surface area (Å²) in [6.45, 7) is 4.45. The molecule has 1 rings (SSSR count). The van der Waals surface area contributed by atoms with Crippen LogP contribution in [-0.2, 0) is 0 Å². The SMILES string of the molecule is CCOc1ccc(N)c(C(O)CC)c1. The first-order chi connectivity index (χ1) is 6.69. The van der Waals surface area contributed by atoms with Crippen LogP contribution >= 0.6 is 0 Å². The third-order valence-corrected chi connectivity index (χ3v) is 2.11. The summed E-state index contributed by atoms with van der Waals surface area (Å²) in [5.74, 6) is 0.754. The fraction of sp³-hybridized carbons (Fsp3) is 0.455. The number of rotatable bonds is 4. The molecule has 0 aliphatic rings. The van der Waals surface area contributed by atoms with Gasteiger partial charge >= 0.3 is 0 Å². The number of hydrogen-bond acceptors (Lipinski definition) is 3. The van der Waals surface area contributed by atoms with E-state index in [4.69, 9.17) is 10.5 Å². The van der Waals surface area contributed by atoms with Crippen molar-refractivity contribution < 1.29 is 9.84 Å². The molecule has 3 N–H and O–H groups in total. The Morgan fingerprint density at radius 3 is 2.71 bits per heavy atom. The summed E-state index contributed by atoms with van der Waals surface area (Å²) in [5.41, 5.74) is 7.11. The topological polar surface area (TPSA) is 55.5 Å². The van der Waals surface area contributed by atoms with Gasteiger partial charge in [0.1, 0.15) is 5.75 Å². The Balaban J connectivity index is 2.95. The Bertz CT molecular complexity index is 299. The first-order valence-corrected chi connectivity index (χ1v) is 4.89. The molecule has 78 valence electrons. The van der Waals surface area contributed by atoms with E-state index in [0.717, 1.165) is 11.3 Å². The van der Waals surface area contributed by atoms with Crippen molar-refractivity contribution in [1.29, 1.82) is 0 Å². The number of nitrogens with two attached hydrogens (primary N) is 1. The van der Waals surface area contributed by atoms with Gasteiger partial charge in [-0.1, -0.05) is 6.92 Å². The minimum Gasteiger partial charge on any atom is -0.494 e. The molecule has 14 heavy (non-hydrogen) atoms. The van der Waals surface area contributed by atoms with E-state index in [1.165, 1.54) is 0 Å². The van der Waals surface area contributed by atoms with Gasteiger partial charge in [0.05, 0.1) is 12.7 Å². The fourth-order valence-corrected chi connectivity index (χ4v) is 1.32. The van der Waals surface area contributed by atoms with E-state index < -0.39 is 6.10 Å². The molecule has 3 heteroatoms. The highest BCUT2D eigenvalue weighted by molar-refractivity contribution is 5.51. The van der Waals surface area contributed by atoms with Gasteiger partial charge in [0, 0.05) is 11.3 Å². The van der Waals surface area contributed by atoms with E-state index >= 15 is 0 Å². The molecule has 0 aliphatic heterocycles. The zero-order valence-corrected chi connectivity index (χ0v) is 8.66. The fourth-order valence-electron chi connectivity index (χ4n) is 1.32. The molecule has 0 fully saturated rings. The van der Waals surface area contributed by atoms with Gasteiger partial charge in [0.25, 0.3) is 0 Å². The molecule has 0 aliphatic carbocycles. The number of anilines is 1. The maximum absolute atomic E-state index is 9.67. The molecule has 0 bridgehead atoms. The molecule has 0 amide bonds. The van der Waals surface area contributed by atoms with E-state index in [1.54, 1.807) is 12.1 Å². The number of nitrogen functional groups attached to an aromatic ring is 1. The Kier molecular flexibility index (Phi) is 3.77. The van der Waals surface area contributed by atoms with Crippen LogP contribution in [0.3, 0.4) is 0 Å². The van der Waals surface area contributed by atoms with Gasteiger partial charge in [-0.2, -0.15) is 0 Å². The molecule has 1 aromatic rings. The highest BCUT2D eigenvalue weighted by atomic mass is 16.5. The predicted molar refractivity (Wildman–Crippen MR) is 57.3 cm³/mol. The van der Waals surface area contributed by atoms with Crippen molar-refractivity contribution in [3.05, 3.63) is 23.8 Å². The van der Waals surface area contributed by atoms with E-state index in [2.05, 4.69) is 0 Å². The van der Waals surface area contributed by atoms with Crippen molar-refractivity contribution in [2.75, 3.05) is 12.3 Å². The molecule has 1 atom stereocenters. The van der Waals surface area contributed by atoms with Crippen molar-refractivity contribution in [1.82, 2.24) is 0 Å². The van der Waals surface area contributed by atoms with Crippen LogP contribution in [0.1, 0.15) is 31.9 Å². The maximum Gasteiger partial charge on any atom is 0.119 e. The second-order valence-corrected chi connectivity index (χ2v) is 3.15. The van der Waals surface area contributed by atoms with Crippen LogP contribution in [0.25, 0.3) is 0 Å². The molecule has 0 heterocycles. The zero-order valence-electron chi connectivity index (χ0n) is 8.66. The van der Waals surface area contributed by atoms with Gasteiger partial charge in [-0.15, -0.1) is 0 Å². The summed E-state index contributed by atoms with van der Waals surface area (Å²) in [5, 5.41) is 9.67. The highest BCUT2D eigenvalue weighted by Gasteiger charge is 2.09. The number of aliphatic hydroxyl groups excluding tert-OH is 1. The average molecular weight is 195 g/mol. The second kappa shape index (κ2) is 4.86. The molecule has 3 nitrogen and oxygen atoms in total. The lowest BCUT2D eigenvalue weighted by Crippen LogP contribution is -2.02. The standard InChI is InChI=1S/C11H17NO2/c1-3-11(13)9-7-8(14-4-2)5-6-10(9)12/h5-7,11,13H,3-4,12H2,1-2H3. The number of ether oxygens (including phenoxy) is 1. The van der Waals surface area contributed by atoms with Crippen molar-refractivity contribution in [2.45, 2.75) is 26.4 Å². The van der Waals surface area contributed by atoms with Gasteiger partial charge in [-0.25, -0.2) is 0 Å². The van der Waals surface area contributed by atoms with E-state index in [1.807, 2.05) is 19.9 Å². The Hall–Kier alpha value is -1.22. The largest absolute Gasteiger partial charge is 0.494 e. The maximum atomic E-state index is 9.67. The van der Waals surface area contributed by atoms with Gasteiger partial charge in [-0.3, -0.25) is 0 Å². The molecule has 0 aromatic heterocycles. The summed E-state index contributed by atoms with van der Waals surface area (Å²) >= 11 is 0. The number of aliphatic hydroxyl groups is 1. The second-order valence-electron chi connectivity index (χ2n) is 3.15. The van der Waals surface area contributed by atoms with Crippen LogP contribution in [0.4, 0.5) is 5.69 Å². The summed E-state index contributed by atoms with van der Waals surface area (Å²) < 4.78 is 5.33. The minimum atomic E-state index is -0.504. The van der Waals surface area contributed by atoms with Gasteiger partial charge < -0.3 is 15.6 Å². The van der Waals surface area contributed by atoms with Crippen molar-refractivity contribution >= 4 is 5.69 Å². The highest BCUT2D eigenvalue weighted by Crippen LogP contribution is 2.27. The van der Waals surface area contributed by atoms with Gasteiger partial charge in [0.15, 0.2) is 0 Å². The van der Waals surface area contributed by atoms with Crippen LogP contribution in [0.5, 0.6) is 5.75 Å². The molecule has 0 saturated heterocycles. The van der Waals surface area contributed by atoms with E-state index in [9.17, 15) is 5.11 Å². The summed E-state index contributed by atoms with van der Waals surface area (Å²) in [7, 11) is 0. The molecule has 0 radical (unpaired) electrons. The van der Waals surface area contributed by atoms with Crippen LogP contribution < -0.4 is 10.5 Å². The lowest BCUT2D eigenvalue weighted by atomic mass is 10.1. The minimum absolute atomic E-state index is 0.504. The van der Waals surface area contributed by atoms with Crippen LogP contribution in [-0.4, -0.2) is 11.7 Å². The van der Waals surface area contributed by atoms with Crippen molar-refractivity contribution in [3.8, 4) is 5.75 Å². The first-order valence-electron chi connectivity index (χ1n) is 4.89. The summed E-state index contributed by atoms with van der Waals surface area (Å²) in [6, 6.07) is 5.37. The monoisotopic (exact) mass is 195 g/mol. The van der Waals surface area contributed by atoms with Crippen LogP contribution in [0.15, 0.2) is 18.2 Å². The lowest BCUT2D eigenvalue weighted by Gasteiger charge is -2.13. The predicted octanol–water partition coefficient (Wildman–Crippen LogP) is 2.11. The third kappa shape index (κ3) is 2.39. The first kappa shape index (κ1) is 10.9. The molecule has 1 unspecified atom stereocenters. The van der Waals surface area contributed by atoms with Crippen molar-refractivity contribution in [2.24, 2.45) is 0 Å². The molecule has 1 aromatic carbocycles. The van der Waals surface area contributed by atoms with E-state index in [-0.39, 0.29) is 0 Å². The Labute approximate surface area is 84.5 Å². The lowest BCUT2D eigenvalue weighted by molar-refractivity contribution is 0.174. The number of hydrogen-bond donors (Lipinski definition) is 2. The summed E-state index contributed by atoms with van der Waals surface area (Å²) in [4.78, 5) is 0. The smallest absolute Gasteiger partial charge is 0.119 e. The Morgan fingerprint density at radius 2 is 2.14 bits per heavy atom. The van der Waals surface area contributed by atoms with Crippen LogP contribution in [0, 0.1) is 0 Å². The zero-order chi connectivity index (χ0) is 10.6. The summed E-state index contributed by atoms with van der Waals surface area (Å²) in [6.07, 6.45) is 0.148. The third-order valence-electron chi connectivity index (χ3n) is 2.11. The quantitative estimate of drug-likeness (QED) is 0.723.